The third-order valence-corrected chi connectivity index (χ3v) is 5.49. The second kappa shape index (κ2) is 6.53. The molecule has 2 aromatic carbocycles. The first-order valence-corrected chi connectivity index (χ1v) is 8.91. The second-order valence-corrected chi connectivity index (χ2v) is 7.68. The quantitative estimate of drug-likeness (QED) is 0.371. The highest BCUT2D eigenvalue weighted by Gasteiger charge is 2.22. The van der Waals surface area contributed by atoms with Crippen LogP contribution in [0.15, 0.2) is 50.2 Å². The van der Waals surface area contributed by atoms with Gasteiger partial charge in [0.25, 0.3) is 5.69 Å². The van der Waals surface area contributed by atoms with Gasteiger partial charge >= 0.3 is 10.1 Å². The molecule has 2 aromatic rings. The Morgan fingerprint density at radius 3 is 2.36 bits per heavy atom. The summed E-state index contributed by atoms with van der Waals surface area (Å²) in [4.78, 5) is 9.89. The smallest absolute Gasteiger partial charge is 0.340 e. The van der Waals surface area contributed by atoms with Gasteiger partial charge in [0.05, 0.1) is 9.95 Å². The van der Waals surface area contributed by atoms with Crippen molar-refractivity contribution in [2.45, 2.75) is 4.90 Å². The Hall–Kier alpha value is -1.16. The Labute approximate surface area is 147 Å². The van der Waals surface area contributed by atoms with Gasteiger partial charge in [-0.2, -0.15) is 8.42 Å². The van der Waals surface area contributed by atoms with Gasteiger partial charge in [-0.05, 0) is 40.2 Å². The van der Waals surface area contributed by atoms with Crippen molar-refractivity contribution in [3.63, 3.8) is 0 Å². The van der Waals surface area contributed by atoms with Gasteiger partial charge in [-0.3, -0.25) is 10.1 Å². The van der Waals surface area contributed by atoms with Gasteiger partial charge in [-0.1, -0.05) is 27.5 Å². The fourth-order valence-corrected chi connectivity index (χ4v) is 4.42. The third-order valence-electron chi connectivity index (χ3n) is 2.49. The predicted molar refractivity (Wildman–Crippen MR) is 87.8 cm³/mol. The van der Waals surface area contributed by atoms with Gasteiger partial charge in [0, 0.05) is 21.1 Å². The summed E-state index contributed by atoms with van der Waals surface area (Å²) in [6, 6.07) is 7.69. The maximum atomic E-state index is 12.2. The van der Waals surface area contributed by atoms with E-state index in [0.29, 0.717) is 8.95 Å². The summed E-state index contributed by atoms with van der Waals surface area (Å²) in [5.41, 5.74) is -0.264. The molecular weight excluding hydrogens is 465 g/mol. The minimum absolute atomic E-state index is 0.0925. The Morgan fingerprint density at radius 1 is 1.14 bits per heavy atom. The average Bonchev–Trinajstić information content (AvgIpc) is 2.40. The number of nitrogens with zero attached hydrogens (tertiary/aromatic N) is 1. The van der Waals surface area contributed by atoms with Crippen molar-refractivity contribution >= 4 is 59.3 Å². The van der Waals surface area contributed by atoms with Gasteiger partial charge < -0.3 is 4.18 Å². The third kappa shape index (κ3) is 3.78. The van der Waals surface area contributed by atoms with Crippen LogP contribution < -0.4 is 4.18 Å². The maximum absolute atomic E-state index is 12.2. The first-order chi connectivity index (χ1) is 10.2. The molecule has 0 N–H and O–H groups in total. The van der Waals surface area contributed by atoms with E-state index in [2.05, 4.69) is 31.9 Å². The Morgan fingerprint density at radius 2 is 1.82 bits per heavy atom. The number of non-ortho nitro benzene ring substituents is 1. The summed E-state index contributed by atoms with van der Waals surface area (Å²) >= 11 is 12.2. The van der Waals surface area contributed by atoms with Crippen molar-refractivity contribution in [2.75, 3.05) is 0 Å². The predicted octanol–water partition coefficient (Wildman–Crippen LogP) is 4.54. The Bertz CT molecular complexity index is 857. The van der Waals surface area contributed by atoms with Gasteiger partial charge in [-0.25, -0.2) is 0 Å². The molecular formula is C12H6Br2ClNO5S. The molecule has 0 aliphatic carbocycles. The van der Waals surface area contributed by atoms with Gasteiger partial charge in [0.15, 0.2) is 5.75 Å². The van der Waals surface area contributed by atoms with E-state index in [1.54, 1.807) is 12.1 Å². The maximum Gasteiger partial charge on any atom is 0.340 e. The molecule has 0 unspecified atom stereocenters. The topological polar surface area (TPSA) is 86.5 Å². The molecule has 0 saturated carbocycles. The van der Waals surface area contributed by atoms with Crippen molar-refractivity contribution in [1.29, 1.82) is 0 Å². The minimum Gasteiger partial charge on any atom is -0.377 e. The van der Waals surface area contributed by atoms with E-state index in [4.69, 9.17) is 15.8 Å². The lowest BCUT2D eigenvalue weighted by molar-refractivity contribution is -0.384. The largest absolute Gasteiger partial charge is 0.377 e. The standard InChI is InChI=1S/C12H6Br2ClNO5S/c13-7-1-4-12(9(14)5-7)22(19,20)21-11-3-2-8(16(17)18)6-10(11)15/h1-6H. The van der Waals surface area contributed by atoms with Crippen LogP contribution in [0.2, 0.25) is 5.02 Å². The lowest BCUT2D eigenvalue weighted by atomic mass is 10.3. The molecule has 0 aromatic heterocycles. The molecule has 0 spiro atoms. The molecule has 0 atom stereocenters. The monoisotopic (exact) mass is 469 g/mol. The van der Waals surface area contributed by atoms with Crippen molar-refractivity contribution in [3.8, 4) is 5.75 Å². The molecule has 0 heterocycles. The van der Waals surface area contributed by atoms with Crippen LogP contribution in [0.25, 0.3) is 0 Å². The number of halogens is 3. The van der Waals surface area contributed by atoms with Crippen LogP contribution in [0.1, 0.15) is 0 Å². The first-order valence-electron chi connectivity index (χ1n) is 5.54. The van der Waals surface area contributed by atoms with E-state index >= 15 is 0 Å². The van der Waals surface area contributed by atoms with E-state index in [-0.39, 0.29) is 21.4 Å². The zero-order chi connectivity index (χ0) is 16.5. The lowest BCUT2D eigenvalue weighted by Gasteiger charge is -2.10. The van der Waals surface area contributed by atoms with E-state index < -0.39 is 15.0 Å². The van der Waals surface area contributed by atoms with Gasteiger partial charge in [0.1, 0.15) is 4.90 Å². The van der Waals surface area contributed by atoms with Gasteiger partial charge in [-0.15, -0.1) is 0 Å². The first kappa shape index (κ1) is 17.2. The zero-order valence-electron chi connectivity index (χ0n) is 10.5. The van der Waals surface area contributed by atoms with Crippen molar-refractivity contribution in [2.24, 2.45) is 0 Å². The highest BCUT2D eigenvalue weighted by Crippen LogP contribution is 2.33. The molecule has 6 nitrogen and oxygen atoms in total. The van der Waals surface area contributed by atoms with Crippen LogP contribution in [-0.2, 0) is 10.1 Å². The van der Waals surface area contributed by atoms with Gasteiger partial charge in [0.2, 0.25) is 0 Å². The summed E-state index contributed by atoms with van der Waals surface area (Å²) in [5.74, 6) is -0.193. The molecule has 22 heavy (non-hydrogen) atoms. The van der Waals surface area contributed by atoms with E-state index in [1.165, 1.54) is 6.07 Å². The SMILES string of the molecule is O=[N+]([O-])c1ccc(OS(=O)(=O)c2ccc(Br)cc2Br)c(Cl)c1. The van der Waals surface area contributed by atoms with E-state index in [9.17, 15) is 18.5 Å². The molecule has 0 amide bonds. The molecule has 0 saturated heterocycles. The molecule has 0 radical (unpaired) electrons. The fraction of sp³-hybridized carbons (Fsp3) is 0. The van der Waals surface area contributed by atoms with Crippen LogP contribution in [0.4, 0.5) is 5.69 Å². The van der Waals surface area contributed by atoms with Crippen LogP contribution in [0.5, 0.6) is 5.75 Å². The van der Waals surface area contributed by atoms with Crippen LogP contribution >= 0.6 is 43.5 Å². The Balaban J connectivity index is 2.39. The molecule has 0 aliphatic rings. The van der Waals surface area contributed by atoms with E-state index in [1.807, 2.05) is 0 Å². The van der Waals surface area contributed by atoms with Crippen LogP contribution in [0.3, 0.4) is 0 Å². The van der Waals surface area contributed by atoms with E-state index in [0.717, 1.165) is 18.2 Å². The number of hydrogen-bond acceptors (Lipinski definition) is 5. The van der Waals surface area contributed by atoms with Crippen LogP contribution in [0, 0.1) is 10.1 Å². The zero-order valence-corrected chi connectivity index (χ0v) is 15.2. The summed E-state index contributed by atoms with van der Waals surface area (Å²) in [5, 5.41) is 10.4. The molecule has 0 aliphatic heterocycles. The summed E-state index contributed by atoms with van der Waals surface area (Å²) in [6.07, 6.45) is 0. The van der Waals surface area contributed by atoms with Crippen LogP contribution in [-0.4, -0.2) is 13.3 Å². The Kier molecular flexibility index (Phi) is 5.10. The van der Waals surface area contributed by atoms with Crippen molar-refractivity contribution in [3.05, 3.63) is 60.5 Å². The molecule has 0 fully saturated rings. The summed E-state index contributed by atoms with van der Waals surface area (Å²) in [7, 11) is -4.14. The lowest BCUT2D eigenvalue weighted by Crippen LogP contribution is -2.10. The number of benzene rings is 2. The normalized spacial score (nSPS) is 11.2. The molecule has 0 bridgehead atoms. The number of rotatable bonds is 4. The number of nitro groups is 1. The molecule has 10 heteroatoms. The molecule has 116 valence electrons. The number of hydrogen-bond donors (Lipinski definition) is 0. The summed E-state index contributed by atoms with van der Waals surface area (Å²) < 4.78 is 30.4. The molecule has 2 rings (SSSR count). The fourth-order valence-electron chi connectivity index (χ4n) is 1.51. The number of nitro benzene ring substituents is 1. The van der Waals surface area contributed by atoms with Crippen molar-refractivity contribution < 1.29 is 17.5 Å². The van der Waals surface area contributed by atoms with Crippen molar-refractivity contribution in [1.82, 2.24) is 0 Å². The average molecular weight is 472 g/mol. The highest BCUT2D eigenvalue weighted by atomic mass is 79.9. The second-order valence-electron chi connectivity index (χ2n) is 3.98. The highest BCUT2D eigenvalue weighted by molar-refractivity contribution is 9.11. The minimum atomic E-state index is -4.14. The summed E-state index contributed by atoms with van der Waals surface area (Å²) in [6.45, 7) is 0.